The number of allylic oxidation sites excluding steroid dienone is 1. The summed E-state index contributed by atoms with van der Waals surface area (Å²) in [7, 11) is 0. The van der Waals surface area contributed by atoms with Crippen LogP contribution in [0.5, 0.6) is 0 Å². The van der Waals surface area contributed by atoms with Gasteiger partial charge in [-0.3, -0.25) is 4.90 Å². The standard InChI is InChI=1S/C10H19NO/c1-3-4-6-11-7-5-10(12)8-9(11)2/h3-4,9-10,12H,5-8H2,1-2H3/b4-3+/t9-,10-/m0/s1. The number of piperidine rings is 1. The van der Waals surface area contributed by atoms with Gasteiger partial charge in [-0.05, 0) is 26.7 Å². The van der Waals surface area contributed by atoms with E-state index in [1.54, 1.807) is 0 Å². The van der Waals surface area contributed by atoms with Crippen LogP contribution >= 0.6 is 0 Å². The van der Waals surface area contributed by atoms with Crippen LogP contribution < -0.4 is 0 Å². The topological polar surface area (TPSA) is 23.5 Å². The summed E-state index contributed by atoms with van der Waals surface area (Å²) in [6.45, 7) is 6.30. The average Bonchev–Trinajstić information content (AvgIpc) is 2.03. The molecule has 0 aromatic rings. The largest absolute Gasteiger partial charge is 0.393 e. The zero-order chi connectivity index (χ0) is 8.97. The van der Waals surface area contributed by atoms with E-state index in [1.165, 1.54) is 0 Å². The summed E-state index contributed by atoms with van der Waals surface area (Å²) in [4.78, 5) is 2.41. The lowest BCUT2D eigenvalue weighted by Gasteiger charge is -2.34. The van der Waals surface area contributed by atoms with Gasteiger partial charge in [-0.25, -0.2) is 0 Å². The van der Waals surface area contributed by atoms with Gasteiger partial charge in [0.15, 0.2) is 0 Å². The molecular formula is C10H19NO. The molecule has 2 heteroatoms. The van der Waals surface area contributed by atoms with Gasteiger partial charge < -0.3 is 5.11 Å². The Balaban J connectivity index is 2.34. The van der Waals surface area contributed by atoms with Crippen LogP contribution in [0.3, 0.4) is 0 Å². The highest BCUT2D eigenvalue weighted by atomic mass is 16.3. The second-order valence-corrected chi connectivity index (χ2v) is 3.59. The van der Waals surface area contributed by atoms with Gasteiger partial charge in [-0.2, -0.15) is 0 Å². The van der Waals surface area contributed by atoms with Crippen molar-refractivity contribution < 1.29 is 5.11 Å². The Labute approximate surface area is 74.9 Å². The number of hydrogen-bond donors (Lipinski definition) is 1. The second kappa shape index (κ2) is 4.63. The van der Waals surface area contributed by atoms with Crippen molar-refractivity contribution in [1.29, 1.82) is 0 Å². The highest BCUT2D eigenvalue weighted by molar-refractivity contribution is 4.86. The Kier molecular flexibility index (Phi) is 3.76. The maximum atomic E-state index is 9.38. The summed E-state index contributed by atoms with van der Waals surface area (Å²) in [6.07, 6.45) is 6.05. The average molecular weight is 169 g/mol. The fourth-order valence-corrected chi connectivity index (χ4v) is 1.71. The van der Waals surface area contributed by atoms with E-state index in [2.05, 4.69) is 24.0 Å². The summed E-state index contributed by atoms with van der Waals surface area (Å²) >= 11 is 0. The molecular weight excluding hydrogens is 150 g/mol. The first-order chi connectivity index (χ1) is 5.74. The van der Waals surface area contributed by atoms with Crippen LogP contribution in [-0.2, 0) is 0 Å². The molecule has 1 fully saturated rings. The fourth-order valence-electron chi connectivity index (χ4n) is 1.71. The Hall–Kier alpha value is -0.340. The molecule has 12 heavy (non-hydrogen) atoms. The van der Waals surface area contributed by atoms with Crippen LogP contribution in [-0.4, -0.2) is 35.2 Å². The lowest BCUT2D eigenvalue weighted by atomic mass is 10.0. The number of rotatable bonds is 2. The van der Waals surface area contributed by atoms with Gasteiger partial charge >= 0.3 is 0 Å². The Morgan fingerprint density at radius 3 is 2.92 bits per heavy atom. The van der Waals surface area contributed by atoms with Crippen molar-refractivity contribution in [2.24, 2.45) is 0 Å². The third-order valence-electron chi connectivity index (χ3n) is 2.56. The molecule has 0 radical (unpaired) electrons. The van der Waals surface area contributed by atoms with Gasteiger partial charge in [0.2, 0.25) is 0 Å². The quantitative estimate of drug-likeness (QED) is 0.632. The van der Waals surface area contributed by atoms with Crippen LogP contribution in [0.25, 0.3) is 0 Å². The van der Waals surface area contributed by atoms with E-state index in [0.717, 1.165) is 25.9 Å². The van der Waals surface area contributed by atoms with Gasteiger partial charge in [-0.1, -0.05) is 12.2 Å². The summed E-state index contributed by atoms with van der Waals surface area (Å²) in [5.74, 6) is 0. The fraction of sp³-hybridized carbons (Fsp3) is 0.800. The van der Waals surface area contributed by atoms with Crippen molar-refractivity contribution in [2.75, 3.05) is 13.1 Å². The van der Waals surface area contributed by atoms with Crippen LogP contribution in [0.1, 0.15) is 26.7 Å². The number of aliphatic hydroxyl groups excluding tert-OH is 1. The molecule has 2 nitrogen and oxygen atoms in total. The molecule has 0 bridgehead atoms. The van der Waals surface area contributed by atoms with E-state index in [9.17, 15) is 5.11 Å². The van der Waals surface area contributed by atoms with Crippen molar-refractivity contribution in [1.82, 2.24) is 4.90 Å². The molecule has 0 spiro atoms. The first kappa shape index (κ1) is 9.75. The first-order valence-corrected chi connectivity index (χ1v) is 4.77. The zero-order valence-corrected chi connectivity index (χ0v) is 8.03. The number of nitrogens with zero attached hydrogens (tertiary/aromatic N) is 1. The Morgan fingerprint density at radius 1 is 1.58 bits per heavy atom. The molecule has 0 amide bonds. The molecule has 0 aliphatic carbocycles. The van der Waals surface area contributed by atoms with E-state index in [-0.39, 0.29) is 6.10 Å². The SMILES string of the molecule is C/C=C/CN1CC[C@H](O)C[C@@H]1C. The number of hydrogen-bond acceptors (Lipinski definition) is 2. The monoisotopic (exact) mass is 169 g/mol. The summed E-state index contributed by atoms with van der Waals surface area (Å²) < 4.78 is 0. The minimum Gasteiger partial charge on any atom is -0.393 e. The molecule has 2 atom stereocenters. The molecule has 0 unspecified atom stereocenters. The molecule has 1 rings (SSSR count). The minimum atomic E-state index is -0.0677. The Morgan fingerprint density at radius 2 is 2.33 bits per heavy atom. The minimum absolute atomic E-state index is 0.0677. The lowest BCUT2D eigenvalue weighted by Crippen LogP contribution is -2.42. The van der Waals surface area contributed by atoms with Crippen molar-refractivity contribution in [2.45, 2.75) is 38.8 Å². The molecule has 0 aromatic heterocycles. The molecule has 1 N–H and O–H groups in total. The van der Waals surface area contributed by atoms with E-state index < -0.39 is 0 Å². The number of aliphatic hydroxyl groups is 1. The first-order valence-electron chi connectivity index (χ1n) is 4.77. The molecule has 1 heterocycles. The molecule has 1 saturated heterocycles. The van der Waals surface area contributed by atoms with Gasteiger partial charge in [0.1, 0.15) is 0 Å². The Bertz CT molecular complexity index is 156. The van der Waals surface area contributed by atoms with Crippen LogP contribution in [0.4, 0.5) is 0 Å². The van der Waals surface area contributed by atoms with Gasteiger partial charge in [-0.15, -0.1) is 0 Å². The van der Waals surface area contributed by atoms with Gasteiger partial charge in [0, 0.05) is 19.1 Å². The third-order valence-corrected chi connectivity index (χ3v) is 2.56. The predicted molar refractivity (Wildman–Crippen MR) is 51.1 cm³/mol. The van der Waals surface area contributed by atoms with Crippen molar-refractivity contribution in [3.8, 4) is 0 Å². The summed E-state index contributed by atoms with van der Waals surface area (Å²) in [6, 6.07) is 0.532. The number of likely N-dealkylation sites (tertiary alicyclic amines) is 1. The van der Waals surface area contributed by atoms with Crippen molar-refractivity contribution >= 4 is 0 Å². The smallest absolute Gasteiger partial charge is 0.0567 e. The van der Waals surface area contributed by atoms with E-state index >= 15 is 0 Å². The lowest BCUT2D eigenvalue weighted by molar-refractivity contribution is 0.0547. The highest BCUT2D eigenvalue weighted by Crippen LogP contribution is 2.16. The van der Waals surface area contributed by atoms with Gasteiger partial charge in [0.05, 0.1) is 6.10 Å². The zero-order valence-electron chi connectivity index (χ0n) is 8.03. The summed E-state index contributed by atoms with van der Waals surface area (Å²) in [5.41, 5.74) is 0. The third kappa shape index (κ3) is 2.61. The predicted octanol–water partition coefficient (Wildman–Crippen LogP) is 1.41. The van der Waals surface area contributed by atoms with Crippen LogP contribution in [0.15, 0.2) is 12.2 Å². The van der Waals surface area contributed by atoms with Crippen molar-refractivity contribution in [3.05, 3.63) is 12.2 Å². The molecule has 70 valence electrons. The van der Waals surface area contributed by atoms with E-state index in [1.807, 2.05) is 6.92 Å². The van der Waals surface area contributed by atoms with Crippen LogP contribution in [0.2, 0.25) is 0 Å². The second-order valence-electron chi connectivity index (χ2n) is 3.59. The van der Waals surface area contributed by atoms with Crippen LogP contribution in [0, 0.1) is 0 Å². The molecule has 1 aliphatic rings. The molecule has 1 aliphatic heterocycles. The van der Waals surface area contributed by atoms with E-state index in [0.29, 0.717) is 6.04 Å². The maximum Gasteiger partial charge on any atom is 0.0567 e. The molecule has 0 saturated carbocycles. The van der Waals surface area contributed by atoms with Gasteiger partial charge in [0.25, 0.3) is 0 Å². The summed E-state index contributed by atoms with van der Waals surface area (Å²) in [5, 5.41) is 9.38. The van der Waals surface area contributed by atoms with Crippen molar-refractivity contribution in [3.63, 3.8) is 0 Å². The normalized spacial score (nSPS) is 32.9. The highest BCUT2D eigenvalue weighted by Gasteiger charge is 2.22. The molecule has 0 aromatic carbocycles. The maximum absolute atomic E-state index is 9.38. The van der Waals surface area contributed by atoms with E-state index in [4.69, 9.17) is 0 Å².